The van der Waals surface area contributed by atoms with Crippen LogP contribution < -0.4 is 0 Å². The van der Waals surface area contributed by atoms with Crippen LogP contribution >= 0.6 is 0 Å². The lowest BCUT2D eigenvalue weighted by molar-refractivity contribution is -0.321. The second kappa shape index (κ2) is 7.38. The molecule has 0 unspecified atom stereocenters. The smallest absolute Gasteiger partial charge is 0.305 e. The van der Waals surface area contributed by atoms with Crippen molar-refractivity contribution in [2.45, 2.75) is 76.3 Å². The van der Waals surface area contributed by atoms with Gasteiger partial charge in [-0.25, -0.2) is 0 Å². The first-order valence-electron chi connectivity index (χ1n) is 7.79. The van der Waals surface area contributed by atoms with Crippen LogP contribution in [0.15, 0.2) is 0 Å². The van der Waals surface area contributed by atoms with E-state index in [1.807, 2.05) is 6.92 Å². The van der Waals surface area contributed by atoms with E-state index in [1.165, 1.54) is 0 Å². The molecule has 2 saturated heterocycles. The van der Waals surface area contributed by atoms with Gasteiger partial charge in [0.2, 0.25) is 0 Å². The van der Waals surface area contributed by atoms with Crippen LogP contribution in [0.2, 0.25) is 0 Å². The highest BCUT2D eigenvalue weighted by atomic mass is 16.7. The fraction of sp³-hybridized carbons (Fsp3) is 0.933. The Kier molecular flexibility index (Phi) is 5.81. The molecule has 5 heteroatoms. The molecule has 1 spiro atoms. The van der Waals surface area contributed by atoms with Crippen molar-refractivity contribution in [1.29, 1.82) is 0 Å². The van der Waals surface area contributed by atoms with Crippen molar-refractivity contribution < 1.29 is 24.1 Å². The number of ether oxygens (including phenoxy) is 3. The molecule has 1 N–H and O–H groups in total. The van der Waals surface area contributed by atoms with Crippen LogP contribution in [-0.4, -0.2) is 42.3 Å². The van der Waals surface area contributed by atoms with Crippen LogP contribution in [0.5, 0.6) is 0 Å². The average Bonchev–Trinajstić information content (AvgIpc) is 2.46. The Bertz CT molecular complexity index is 315. The van der Waals surface area contributed by atoms with Gasteiger partial charge in [-0.3, -0.25) is 4.79 Å². The number of esters is 1. The molecule has 5 nitrogen and oxygen atoms in total. The zero-order valence-corrected chi connectivity index (χ0v) is 12.3. The summed E-state index contributed by atoms with van der Waals surface area (Å²) in [4.78, 5) is 11.4. The van der Waals surface area contributed by atoms with Crippen LogP contribution in [0.25, 0.3) is 0 Å². The molecule has 0 saturated carbocycles. The first-order valence-corrected chi connectivity index (χ1v) is 7.79. The number of rotatable bonds is 5. The highest BCUT2D eigenvalue weighted by Gasteiger charge is 2.42. The largest absolute Gasteiger partial charge is 0.463 e. The van der Waals surface area contributed by atoms with E-state index in [4.69, 9.17) is 14.2 Å². The number of hydrogen-bond acceptors (Lipinski definition) is 5. The molecule has 0 bridgehead atoms. The zero-order chi connectivity index (χ0) is 14.4. The normalized spacial score (nSPS) is 34.1. The van der Waals surface area contributed by atoms with E-state index in [9.17, 15) is 9.90 Å². The van der Waals surface area contributed by atoms with E-state index in [1.54, 1.807) is 0 Å². The highest BCUT2D eigenvalue weighted by Crippen LogP contribution is 2.39. The lowest BCUT2D eigenvalue weighted by Crippen LogP contribution is -2.49. The van der Waals surface area contributed by atoms with Crippen molar-refractivity contribution in [3.8, 4) is 0 Å². The van der Waals surface area contributed by atoms with Crippen molar-refractivity contribution in [3.63, 3.8) is 0 Å². The van der Waals surface area contributed by atoms with Crippen LogP contribution in [0.1, 0.15) is 58.3 Å². The Morgan fingerprint density at radius 3 is 2.55 bits per heavy atom. The first-order chi connectivity index (χ1) is 9.67. The fourth-order valence-corrected chi connectivity index (χ4v) is 3.02. The molecule has 116 valence electrons. The summed E-state index contributed by atoms with van der Waals surface area (Å²) in [7, 11) is 0. The number of carbonyl (C=O) groups excluding carboxylic acids is 1. The number of carbonyl (C=O) groups is 1. The van der Waals surface area contributed by atoms with E-state index < -0.39 is 5.79 Å². The zero-order valence-electron chi connectivity index (χ0n) is 12.3. The van der Waals surface area contributed by atoms with Gasteiger partial charge < -0.3 is 19.3 Å². The molecule has 3 atom stereocenters. The van der Waals surface area contributed by atoms with E-state index in [0.717, 1.165) is 44.9 Å². The number of aliphatic hydroxyl groups excluding tert-OH is 1. The molecule has 0 amide bonds. The summed E-state index contributed by atoms with van der Waals surface area (Å²) < 4.78 is 17.2. The predicted octanol–water partition coefficient (Wildman–Crippen LogP) is 2.16. The van der Waals surface area contributed by atoms with Gasteiger partial charge in [-0.2, -0.15) is 0 Å². The van der Waals surface area contributed by atoms with Crippen molar-refractivity contribution >= 4 is 5.97 Å². The molecular weight excluding hydrogens is 260 g/mol. The van der Waals surface area contributed by atoms with E-state index in [-0.39, 0.29) is 24.8 Å². The standard InChI is InChI=1S/C15H26O5/c1-2-5-14(17)18-11-13-7-4-9-15(20-13)8-3-6-12(10-16)19-15/h12-13,16H,2-11H2,1H3/t12-,13-,15-/m0/s1. The summed E-state index contributed by atoms with van der Waals surface area (Å²) >= 11 is 0. The maximum Gasteiger partial charge on any atom is 0.305 e. The quantitative estimate of drug-likeness (QED) is 0.785. The maximum atomic E-state index is 11.4. The molecule has 20 heavy (non-hydrogen) atoms. The molecule has 2 heterocycles. The molecule has 2 fully saturated rings. The van der Waals surface area contributed by atoms with Crippen molar-refractivity contribution in [1.82, 2.24) is 0 Å². The fourth-order valence-electron chi connectivity index (χ4n) is 3.02. The summed E-state index contributed by atoms with van der Waals surface area (Å²) in [5, 5.41) is 9.26. The summed E-state index contributed by atoms with van der Waals surface area (Å²) in [6.45, 7) is 2.31. The third kappa shape index (κ3) is 4.17. The van der Waals surface area contributed by atoms with Crippen molar-refractivity contribution in [3.05, 3.63) is 0 Å². The van der Waals surface area contributed by atoms with Gasteiger partial charge in [0, 0.05) is 19.3 Å². The third-order valence-electron chi connectivity index (χ3n) is 4.02. The topological polar surface area (TPSA) is 65.0 Å². The second-order valence-corrected chi connectivity index (χ2v) is 5.79. The number of hydrogen-bond donors (Lipinski definition) is 1. The Morgan fingerprint density at radius 1 is 1.25 bits per heavy atom. The van der Waals surface area contributed by atoms with Gasteiger partial charge in [0.25, 0.3) is 0 Å². The first kappa shape index (κ1) is 15.7. The van der Waals surface area contributed by atoms with Crippen LogP contribution in [0.4, 0.5) is 0 Å². The number of aliphatic hydroxyl groups is 1. The minimum Gasteiger partial charge on any atom is -0.463 e. The maximum absolute atomic E-state index is 11.4. The van der Waals surface area contributed by atoms with Crippen molar-refractivity contribution in [2.75, 3.05) is 13.2 Å². The van der Waals surface area contributed by atoms with E-state index >= 15 is 0 Å². The SMILES string of the molecule is CCCC(=O)OC[C@@H]1CCC[C@]2(CCC[C@@H](CO)O2)O1. The lowest BCUT2D eigenvalue weighted by Gasteiger charge is -2.45. The van der Waals surface area contributed by atoms with Gasteiger partial charge in [-0.05, 0) is 32.1 Å². The molecule has 0 aliphatic carbocycles. The Hall–Kier alpha value is -0.650. The summed E-state index contributed by atoms with van der Waals surface area (Å²) in [5.41, 5.74) is 0. The second-order valence-electron chi connectivity index (χ2n) is 5.79. The summed E-state index contributed by atoms with van der Waals surface area (Å²) in [6.07, 6.45) is 6.59. The highest BCUT2D eigenvalue weighted by molar-refractivity contribution is 5.69. The molecule has 0 aromatic heterocycles. The molecule has 0 aromatic rings. The summed E-state index contributed by atoms with van der Waals surface area (Å²) in [5.74, 6) is -0.723. The summed E-state index contributed by atoms with van der Waals surface area (Å²) in [6, 6.07) is 0. The molecule has 2 rings (SSSR count). The third-order valence-corrected chi connectivity index (χ3v) is 4.02. The molecule has 0 radical (unpaired) electrons. The van der Waals surface area contributed by atoms with Crippen molar-refractivity contribution in [2.24, 2.45) is 0 Å². The minimum atomic E-state index is -0.564. The van der Waals surface area contributed by atoms with E-state index in [0.29, 0.717) is 13.0 Å². The molecule has 2 aliphatic heterocycles. The van der Waals surface area contributed by atoms with E-state index in [2.05, 4.69) is 0 Å². The van der Waals surface area contributed by atoms with Gasteiger partial charge in [0.1, 0.15) is 6.61 Å². The monoisotopic (exact) mass is 286 g/mol. The Balaban J connectivity index is 1.83. The molecular formula is C15H26O5. The molecule has 2 aliphatic rings. The average molecular weight is 286 g/mol. The Labute approximate surface area is 120 Å². The van der Waals surface area contributed by atoms with Gasteiger partial charge in [0.15, 0.2) is 5.79 Å². The lowest BCUT2D eigenvalue weighted by atomic mass is 9.93. The van der Waals surface area contributed by atoms with Gasteiger partial charge in [0.05, 0.1) is 18.8 Å². The molecule has 0 aromatic carbocycles. The van der Waals surface area contributed by atoms with Crippen LogP contribution in [0.3, 0.4) is 0 Å². The van der Waals surface area contributed by atoms with Crippen LogP contribution in [-0.2, 0) is 19.0 Å². The van der Waals surface area contributed by atoms with Gasteiger partial charge >= 0.3 is 5.97 Å². The minimum absolute atomic E-state index is 0.0429. The predicted molar refractivity (Wildman–Crippen MR) is 73.1 cm³/mol. The Morgan fingerprint density at radius 2 is 1.90 bits per heavy atom. The van der Waals surface area contributed by atoms with Gasteiger partial charge in [-0.15, -0.1) is 0 Å². The van der Waals surface area contributed by atoms with Gasteiger partial charge in [-0.1, -0.05) is 6.92 Å². The van der Waals surface area contributed by atoms with Crippen LogP contribution in [0, 0.1) is 0 Å².